The molecule has 0 amide bonds. The van der Waals surface area contributed by atoms with E-state index in [9.17, 15) is 9.90 Å². The predicted octanol–water partition coefficient (Wildman–Crippen LogP) is -0.990. The van der Waals surface area contributed by atoms with Crippen LogP contribution in [0, 0.1) is 0 Å². The molecule has 2 bridgehead atoms. The second-order valence-corrected chi connectivity index (χ2v) is 6.52. The molecule has 7 heteroatoms. The van der Waals surface area contributed by atoms with E-state index in [1.807, 2.05) is 0 Å². The molecule has 3 atom stereocenters. The molecule has 0 aromatic heterocycles. The molecule has 2 aliphatic rings. The van der Waals surface area contributed by atoms with Gasteiger partial charge in [-0.05, 0) is 32.5 Å². The zero-order chi connectivity index (χ0) is 16.3. The van der Waals surface area contributed by atoms with Crippen LogP contribution in [0.4, 0.5) is 0 Å². The van der Waals surface area contributed by atoms with Crippen LogP contribution in [-0.2, 0) is 4.79 Å². The Morgan fingerprint density at radius 3 is 2.43 bits per heavy atom. The van der Waals surface area contributed by atoms with Gasteiger partial charge in [-0.3, -0.25) is 9.69 Å². The van der Waals surface area contributed by atoms with E-state index in [0.29, 0.717) is 0 Å². The molecule has 0 saturated carbocycles. The summed E-state index contributed by atoms with van der Waals surface area (Å²) < 4.78 is 0. The molecule has 0 spiro atoms. The smallest absolute Gasteiger partial charge is 0.304 e. The van der Waals surface area contributed by atoms with Crippen LogP contribution in [0.2, 0.25) is 0 Å². The number of carbonyl (C=O) groups is 1. The van der Waals surface area contributed by atoms with E-state index >= 15 is 0 Å². The first kappa shape index (κ1) is 18.6. The first-order valence-corrected chi connectivity index (χ1v) is 9.06. The van der Waals surface area contributed by atoms with E-state index in [1.54, 1.807) is 0 Å². The van der Waals surface area contributed by atoms with Crippen molar-refractivity contribution >= 4 is 5.97 Å². The van der Waals surface area contributed by atoms with Crippen molar-refractivity contribution in [2.45, 2.75) is 25.3 Å². The van der Waals surface area contributed by atoms with Gasteiger partial charge in [0.25, 0.3) is 0 Å². The maximum atomic E-state index is 11.3. The Bertz CT molecular complexity index is 342. The van der Waals surface area contributed by atoms with Gasteiger partial charge in [-0.25, -0.2) is 0 Å². The molecule has 4 N–H and O–H groups in total. The molecule has 3 unspecified atom stereocenters. The quantitative estimate of drug-likeness (QED) is 0.519. The fraction of sp³-hybridized carbons (Fsp3) is 0.938. The molecule has 23 heavy (non-hydrogen) atoms. The summed E-state index contributed by atoms with van der Waals surface area (Å²) in [5, 5.41) is 19.7. The van der Waals surface area contributed by atoms with E-state index in [1.165, 1.54) is 6.42 Å². The molecule has 7 nitrogen and oxygen atoms in total. The Morgan fingerprint density at radius 1 is 0.870 bits per heavy atom. The van der Waals surface area contributed by atoms with Crippen LogP contribution in [0.5, 0.6) is 0 Å². The molecule has 0 aliphatic carbocycles. The van der Waals surface area contributed by atoms with Gasteiger partial charge in [-0.2, -0.15) is 0 Å². The highest BCUT2D eigenvalue weighted by molar-refractivity contribution is 5.67. The normalized spacial score (nSPS) is 32.3. The van der Waals surface area contributed by atoms with Gasteiger partial charge in [0.1, 0.15) is 0 Å². The Morgan fingerprint density at radius 2 is 1.61 bits per heavy atom. The van der Waals surface area contributed by atoms with Crippen molar-refractivity contribution in [3.05, 3.63) is 0 Å². The molecule has 0 aromatic rings. The van der Waals surface area contributed by atoms with Crippen LogP contribution in [0.15, 0.2) is 0 Å². The lowest BCUT2D eigenvalue weighted by atomic mass is 10.1. The lowest BCUT2D eigenvalue weighted by molar-refractivity contribution is -0.138. The molecule has 0 radical (unpaired) electrons. The molecule has 2 fully saturated rings. The third kappa shape index (κ3) is 7.58. The van der Waals surface area contributed by atoms with Crippen LogP contribution < -0.4 is 16.0 Å². The van der Waals surface area contributed by atoms with Gasteiger partial charge in [0.2, 0.25) is 0 Å². The lowest BCUT2D eigenvalue weighted by Gasteiger charge is -2.32. The number of carboxylic acids is 1. The maximum absolute atomic E-state index is 11.3. The summed E-state index contributed by atoms with van der Waals surface area (Å²) in [6.07, 6.45) is 2.30. The predicted molar refractivity (Wildman–Crippen MR) is 91.9 cm³/mol. The van der Waals surface area contributed by atoms with Crippen molar-refractivity contribution < 1.29 is 9.90 Å². The Hall–Kier alpha value is -0.730. The summed E-state index contributed by atoms with van der Waals surface area (Å²) in [4.78, 5) is 16.1. The number of hydrogen-bond acceptors (Lipinski definition) is 6. The average molecular weight is 327 g/mol. The van der Waals surface area contributed by atoms with Gasteiger partial charge in [-0.1, -0.05) is 0 Å². The molecule has 134 valence electrons. The van der Waals surface area contributed by atoms with Crippen molar-refractivity contribution in [1.29, 1.82) is 0 Å². The minimum Gasteiger partial charge on any atom is -0.481 e. The van der Waals surface area contributed by atoms with Crippen molar-refractivity contribution in [3.63, 3.8) is 0 Å². The fourth-order valence-electron chi connectivity index (χ4n) is 3.41. The van der Waals surface area contributed by atoms with E-state index in [4.69, 9.17) is 0 Å². The first-order chi connectivity index (χ1) is 11.3. The van der Waals surface area contributed by atoms with Crippen molar-refractivity contribution in [3.8, 4) is 0 Å². The van der Waals surface area contributed by atoms with Gasteiger partial charge >= 0.3 is 5.97 Å². The van der Waals surface area contributed by atoms with Gasteiger partial charge in [-0.15, -0.1) is 0 Å². The third-order valence-corrected chi connectivity index (χ3v) is 4.77. The van der Waals surface area contributed by atoms with Crippen LogP contribution in [0.25, 0.3) is 0 Å². The Kier molecular flexibility index (Phi) is 8.85. The fourth-order valence-corrected chi connectivity index (χ4v) is 3.41. The summed E-state index contributed by atoms with van der Waals surface area (Å²) >= 11 is 0. The monoisotopic (exact) mass is 327 g/mol. The first-order valence-electron chi connectivity index (χ1n) is 9.06. The third-order valence-electron chi connectivity index (χ3n) is 4.77. The Balaban J connectivity index is 2.00. The largest absolute Gasteiger partial charge is 0.481 e. The van der Waals surface area contributed by atoms with Crippen molar-refractivity contribution in [2.24, 2.45) is 0 Å². The molecule has 2 rings (SSSR count). The van der Waals surface area contributed by atoms with Gasteiger partial charge in [0, 0.05) is 58.4 Å². The molecular weight excluding hydrogens is 294 g/mol. The zero-order valence-electron chi connectivity index (χ0n) is 14.2. The van der Waals surface area contributed by atoms with Crippen LogP contribution in [0.3, 0.4) is 0 Å². The average Bonchev–Trinajstić information content (AvgIpc) is 2.63. The highest BCUT2D eigenvalue weighted by atomic mass is 16.4. The van der Waals surface area contributed by atoms with Crippen LogP contribution in [0.1, 0.15) is 19.3 Å². The highest BCUT2D eigenvalue weighted by Crippen LogP contribution is 2.10. The van der Waals surface area contributed by atoms with Crippen LogP contribution >= 0.6 is 0 Å². The lowest BCUT2D eigenvalue weighted by Crippen LogP contribution is -2.45. The molecular formula is C16H33N5O2. The maximum Gasteiger partial charge on any atom is 0.304 e. The molecule has 0 aromatic carbocycles. The number of aliphatic carboxylic acids is 1. The summed E-state index contributed by atoms with van der Waals surface area (Å²) in [6.45, 7) is 11.0. The van der Waals surface area contributed by atoms with Crippen molar-refractivity contribution in [2.75, 3.05) is 72.0 Å². The zero-order valence-corrected chi connectivity index (χ0v) is 14.2. The molecule has 2 heterocycles. The molecule has 2 saturated heterocycles. The van der Waals surface area contributed by atoms with E-state index in [0.717, 1.165) is 78.4 Å². The summed E-state index contributed by atoms with van der Waals surface area (Å²) in [7, 11) is 0. The van der Waals surface area contributed by atoms with E-state index in [2.05, 4.69) is 25.8 Å². The number of nitrogens with one attached hydrogen (secondary N) is 3. The summed E-state index contributed by atoms with van der Waals surface area (Å²) in [5.41, 5.74) is 0. The minimum absolute atomic E-state index is 0.123. The Labute approximate surface area is 139 Å². The number of nitrogens with zero attached hydrogens (tertiary/aromatic N) is 2. The second kappa shape index (κ2) is 10.9. The molecule has 2 aliphatic heterocycles. The van der Waals surface area contributed by atoms with Crippen LogP contribution in [-0.4, -0.2) is 98.9 Å². The minimum atomic E-state index is -0.692. The number of rotatable bonds is 2. The van der Waals surface area contributed by atoms with E-state index < -0.39 is 5.97 Å². The second-order valence-electron chi connectivity index (χ2n) is 6.52. The number of hydrogen-bond donors (Lipinski definition) is 4. The standard InChI is InChI=1S/C16H33N5O2/c22-16(23)14-15-2-4-18-6-5-17-3-1-9-20-10-7-19-8-11-21(15)13-12-20/h15,17-19H,1-14H2,(H,22,23). The summed E-state index contributed by atoms with van der Waals surface area (Å²) in [5.74, 6) is -0.692. The van der Waals surface area contributed by atoms with Crippen molar-refractivity contribution in [1.82, 2.24) is 25.8 Å². The highest BCUT2D eigenvalue weighted by Gasteiger charge is 2.22. The topological polar surface area (TPSA) is 79.9 Å². The summed E-state index contributed by atoms with van der Waals surface area (Å²) in [6, 6.07) is 0.123. The number of carboxylic acid groups (broad SMARTS) is 1. The van der Waals surface area contributed by atoms with Gasteiger partial charge in [0.05, 0.1) is 6.42 Å². The number of fused-ring (bicyclic) bond motifs is 3. The van der Waals surface area contributed by atoms with Gasteiger partial charge in [0.15, 0.2) is 0 Å². The van der Waals surface area contributed by atoms with Gasteiger partial charge < -0.3 is 26.0 Å². The SMILES string of the molecule is O=C(O)CC1CCNCCNCCCN2CCNCCN1CC2. The van der Waals surface area contributed by atoms with E-state index in [-0.39, 0.29) is 12.5 Å².